The second-order valence-corrected chi connectivity index (χ2v) is 10.8. The smallest absolute Gasteiger partial charge is 0.246 e. The van der Waals surface area contributed by atoms with Gasteiger partial charge in [0.2, 0.25) is 17.7 Å². The number of nitrogens with zero attached hydrogens (tertiary/aromatic N) is 5. The topological polar surface area (TPSA) is 250 Å². The number of hydrogen-bond acceptors (Lipinski definition) is 17. The Morgan fingerprint density at radius 3 is 1.62 bits per heavy atom. The van der Waals surface area contributed by atoms with Crippen LogP contribution in [0.3, 0.4) is 0 Å². The fraction of sp³-hybridized carbons (Fsp3) is 0.676. The summed E-state index contributed by atoms with van der Waals surface area (Å²) in [5.41, 5.74) is 6.10. The third kappa shape index (κ3) is 29.8. The predicted octanol–water partition coefficient (Wildman–Crippen LogP) is -2.50. The van der Waals surface area contributed by atoms with Gasteiger partial charge in [0.1, 0.15) is 33.2 Å². The minimum absolute atomic E-state index is 0.0630. The van der Waals surface area contributed by atoms with E-state index in [2.05, 4.69) is 42.8 Å². The zero-order chi connectivity index (χ0) is 40.2. The first-order valence-electron chi connectivity index (χ1n) is 18.2. The van der Waals surface area contributed by atoms with Gasteiger partial charge in [-0.3, -0.25) is 14.4 Å². The number of amides is 3. The second-order valence-electron chi connectivity index (χ2n) is 10.8. The molecule has 0 spiro atoms. The number of ether oxygens (including phenoxy) is 10. The maximum absolute atomic E-state index is 12.0. The maximum Gasteiger partial charge on any atom is 0.246 e. The second kappa shape index (κ2) is 34.3. The van der Waals surface area contributed by atoms with E-state index in [0.717, 1.165) is 0 Å². The minimum atomic E-state index is -0.616. The van der Waals surface area contributed by atoms with E-state index < -0.39 is 11.8 Å². The molecule has 3 amide bonds. The Morgan fingerprint density at radius 1 is 0.655 bits per heavy atom. The van der Waals surface area contributed by atoms with Gasteiger partial charge in [0.05, 0.1) is 144 Å². The van der Waals surface area contributed by atoms with Crippen LogP contribution in [0.4, 0.5) is 0 Å². The van der Waals surface area contributed by atoms with Crippen LogP contribution in [0.1, 0.15) is 12.6 Å². The number of aromatic nitrogens is 5. The van der Waals surface area contributed by atoms with E-state index in [-0.39, 0.29) is 51.7 Å². The monoisotopic (exact) mass is 784 g/mol. The fourth-order valence-electron chi connectivity index (χ4n) is 3.75. The van der Waals surface area contributed by atoms with Crippen LogP contribution < -0.4 is 16.4 Å². The van der Waals surface area contributed by atoms with Crippen LogP contribution in [0.25, 0.3) is 0 Å². The normalized spacial score (nSPS) is 11.2. The van der Waals surface area contributed by atoms with Crippen molar-refractivity contribution in [2.24, 2.45) is 5.73 Å². The van der Waals surface area contributed by atoms with Crippen LogP contribution in [0.15, 0.2) is 24.9 Å². The first-order valence-corrected chi connectivity index (χ1v) is 17.7. The van der Waals surface area contributed by atoms with E-state index in [4.69, 9.17) is 54.5 Å². The summed E-state index contributed by atoms with van der Waals surface area (Å²) in [5, 5.41) is 13.1. The summed E-state index contributed by atoms with van der Waals surface area (Å²) in [5.74, 6) is 4.20. The molecule has 2 aromatic heterocycles. The molecule has 0 aliphatic rings. The molecule has 0 aliphatic heterocycles. The number of rotatable bonds is 36. The van der Waals surface area contributed by atoms with Crippen molar-refractivity contribution in [1.29, 1.82) is 0 Å². The van der Waals surface area contributed by atoms with Crippen LogP contribution in [-0.4, -0.2) is 181 Å². The molecule has 0 aromatic carbocycles. The number of nitrogens with two attached hydrogens (primary N) is 1. The Balaban J connectivity index is 1.23. The summed E-state index contributed by atoms with van der Waals surface area (Å²) in [6.45, 7) is 7.36. The van der Waals surface area contributed by atoms with E-state index >= 15 is 0 Å². The molecule has 0 aliphatic carbocycles. The molecule has 4 N–H and O–H groups in total. The quantitative estimate of drug-likeness (QED) is 0.0477. The Labute approximate surface area is 321 Å². The molecule has 2 aromatic rings. The molecule has 0 bridgehead atoms. The molecule has 2 rings (SSSR count). The van der Waals surface area contributed by atoms with Gasteiger partial charge in [-0.1, -0.05) is 17.1 Å². The molecule has 21 heteroatoms. The number of carbonyl (C=O) groups excluding carboxylic acids is 3. The Hall–Kier alpha value is -4.21. The number of hydrogen-bond donors (Lipinski definition) is 3. The van der Waals surface area contributed by atoms with Gasteiger partial charge in [-0.2, -0.15) is 0 Å². The van der Waals surface area contributed by atoms with Crippen molar-refractivity contribution >= 4 is 17.7 Å². The van der Waals surface area contributed by atoms with Crippen LogP contribution in [0.2, 0.25) is 0 Å². The maximum atomic E-state index is 12.0. The van der Waals surface area contributed by atoms with Crippen molar-refractivity contribution in [3.8, 4) is 11.8 Å². The third-order valence-corrected chi connectivity index (χ3v) is 6.35. The molecule has 2 heterocycles. The minimum Gasteiger partial charge on any atom is -0.377 e. The average molecular weight is 785 g/mol. The summed E-state index contributed by atoms with van der Waals surface area (Å²) in [7, 11) is 0. The average Bonchev–Trinajstić information content (AvgIpc) is 3.65. The first-order chi connectivity index (χ1) is 27.4. The molecule has 55 heavy (non-hydrogen) atoms. The van der Waals surface area contributed by atoms with Gasteiger partial charge in [0.15, 0.2) is 0 Å². The molecule has 308 valence electrons. The lowest BCUT2D eigenvalue weighted by molar-refractivity contribution is -0.128. The van der Waals surface area contributed by atoms with Crippen molar-refractivity contribution in [1.82, 2.24) is 35.6 Å². The number of primary amides is 1. The summed E-state index contributed by atoms with van der Waals surface area (Å²) in [4.78, 5) is 41.3. The van der Waals surface area contributed by atoms with Gasteiger partial charge in [-0.15, -0.1) is 5.10 Å². The van der Waals surface area contributed by atoms with Crippen LogP contribution in [0.5, 0.6) is 0 Å². The molecule has 0 saturated carbocycles. The molecule has 0 unspecified atom stereocenters. The van der Waals surface area contributed by atoms with E-state index in [0.29, 0.717) is 124 Å². The standard InChI is InChI=1S/C34H54N8O13/c35-32(43)25-39-34(45)28-55-21-20-53-19-18-52-17-16-51-15-14-50-13-12-49-11-10-48-9-8-47-7-6-46-5-3-42-26-31(40-41-42)24-38-33(44)27-54-4-1-2-30-22-36-29-37-23-30/h22-23,26,29H,3-21,24-25,27-28H2,(H2,35,43)(H,38,44)(H,39,45)/i29T. The zero-order valence-corrected chi connectivity index (χ0v) is 31.1. The lowest BCUT2D eigenvalue weighted by atomic mass is 10.3. The van der Waals surface area contributed by atoms with Gasteiger partial charge in [0, 0.05) is 12.4 Å². The Bertz CT molecular complexity index is 1380. The zero-order valence-electron chi connectivity index (χ0n) is 32.1. The highest BCUT2D eigenvalue weighted by atomic mass is 16.6. The van der Waals surface area contributed by atoms with Crippen molar-refractivity contribution in [2.45, 2.75) is 13.1 Å². The van der Waals surface area contributed by atoms with E-state index in [1.807, 2.05) is 0 Å². The van der Waals surface area contributed by atoms with E-state index in [1.165, 1.54) is 12.4 Å². The van der Waals surface area contributed by atoms with Gasteiger partial charge in [0.25, 0.3) is 0 Å². The number of carbonyl (C=O) groups is 3. The third-order valence-electron chi connectivity index (χ3n) is 6.35. The van der Waals surface area contributed by atoms with Crippen LogP contribution in [0, 0.1) is 11.8 Å². The van der Waals surface area contributed by atoms with E-state index in [1.54, 1.807) is 10.9 Å². The van der Waals surface area contributed by atoms with Crippen LogP contribution in [-0.2, 0) is 74.8 Å². The SMILES string of the molecule is [3H]c1ncc(C#CCOCC(=O)NCc2cn(CCOCCOCCOCCOCCOCCOCCOCCOCCOCC(=O)NCC(N)=O)nn2)cn1. The summed E-state index contributed by atoms with van der Waals surface area (Å²) < 4.78 is 62.9. The highest BCUT2D eigenvalue weighted by Crippen LogP contribution is 1.94. The molecule has 0 atom stereocenters. The molecular weight excluding hydrogens is 728 g/mol. The molecule has 0 fully saturated rings. The molecule has 0 saturated heterocycles. The van der Waals surface area contributed by atoms with Crippen molar-refractivity contribution < 1.29 is 63.1 Å². The van der Waals surface area contributed by atoms with Crippen LogP contribution >= 0.6 is 0 Å². The van der Waals surface area contributed by atoms with Crippen molar-refractivity contribution in [3.63, 3.8) is 0 Å². The lowest BCUT2D eigenvalue weighted by Gasteiger charge is -2.09. The highest BCUT2D eigenvalue weighted by Gasteiger charge is 2.05. The molecule has 21 nitrogen and oxygen atoms in total. The number of nitrogens with one attached hydrogen (secondary N) is 2. The fourth-order valence-corrected chi connectivity index (χ4v) is 3.75. The molecular formula is C34H54N8O13. The Kier molecular flexibility index (Phi) is 28.2. The van der Waals surface area contributed by atoms with Gasteiger partial charge in [-0.05, 0) is 0 Å². The first kappa shape index (κ1) is 45.2. The summed E-state index contributed by atoms with van der Waals surface area (Å²) in [6.07, 6.45) is 4.54. The van der Waals surface area contributed by atoms with Crippen molar-refractivity contribution in [2.75, 3.05) is 139 Å². The lowest BCUT2D eigenvalue weighted by Crippen LogP contribution is -2.35. The summed E-state index contributed by atoms with van der Waals surface area (Å²) >= 11 is 0. The predicted molar refractivity (Wildman–Crippen MR) is 191 cm³/mol. The van der Waals surface area contributed by atoms with Gasteiger partial charge >= 0.3 is 0 Å². The van der Waals surface area contributed by atoms with Gasteiger partial charge < -0.3 is 63.7 Å². The van der Waals surface area contributed by atoms with Crippen molar-refractivity contribution in [3.05, 3.63) is 36.2 Å². The largest absolute Gasteiger partial charge is 0.377 e. The molecule has 0 radical (unpaired) electrons. The van der Waals surface area contributed by atoms with E-state index in [9.17, 15) is 14.4 Å². The Morgan fingerprint density at radius 2 is 1.11 bits per heavy atom. The van der Waals surface area contributed by atoms with Gasteiger partial charge in [-0.25, -0.2) is 14.6 Å². The summed E-state index contributed by atoms with van der Waals surface area (Å²) in [6, 6.07) is 0. The highest BCUT2D eigenvalue weighted by molar-refractivity contribution is 5.84.